The molecule has 0 aliphatic rings. The van der Waals surface area contributed by atoms with Crippen molar-refractivity contribution < 1.29 is 4.39 Å². The molecule has 1 heterocycles. The number of aromatic nitrogens is 1. The van der Waals surface area contributed by atoms with E-state index in [0.29, 0.717) is 0 Å². The molecule has 0 radical (unpaired) electrons. The van der Waals surface area contributed by atoms with Crippen molar-refractivity contribution in [3.63, 3.8) is 0 Å². The van der Waals surface area contributed by atoms with Gasteiger partial charge in [0.25, 0.3) is 0 Å². The van der Waals surface area contributed by atoms with Crippen molar-refractivity contribution in [1.82, 2.24) is 4.98 Å². The first kappa shape index (κ1) is 12.6. The molecule has 0 amide bonds. The lowest BCUT2D eigenvalue weighted by molar-refractivity contribution is 0.623. The number of hydrogen-bond donors (Lipinski definition) is 1. The van der Waals surface area contributed by atoms with Crippen LogP contribution in [-0.2, 0) is 0 Å². The van der Waals surface area contributed by atoms with E-state index in [2.05, 4.69) is 16.4 Å². The number of hydrogen-bond acceptors (Lipinski definition) is 2. The highest BCUT2D eigenvalue weighted by molar-refractivity contribution is 5.91. The fraction of sp³-hybridized carbons (Fsp3) is 0.118. The van der Waals surface area contributed by atoms with Crippen molar-refractivity contribution in [2.45, 2.75) is 13.0 Å². The molecule has 3 rings (SSSR count). The van der Waals surface area contributed by atoms with Gasteiger partial charge in [-0.05, 0) is 36.1 Å². The van der Waals surface area contributed by atoms with Crippen LogP contribution in [0.15, 0.2) is 60.8 Å². The second-order valence-electron chi connectivity index (χ2n) is 4.80. The highest BCUT2D eigenvalue weighted by Crippen LogP contribution is 2.25. The third-order valence-corrected chi connectivity index (χ3v) is 3.38. The molecule has 0 fully saturated rings. The number of fused-ring (bicyclic) bond motifs is 1. The Labute approximate surface area is 117 Å². The van der Waals surface area contributed by atoms with Crippen LogP contribution in [0.3, 0.4) is 0 Å². The Morgan fingerprint density at radius 2 is 1.90 bits per heavy atom. The summed E-state index contributed by atoms with van der Waals surface area (Å²) >= 11 is 0. The Morgan fingerprint density at radius 1 is 1.05 bits per heavy atom. The molecule has 100 valence electrons. The number of pyridine rings is 1. The van der Waals surface area contributed by atoms with Gasteiger partial charge in [-0.15, -0.1) is 0 Å². The molecular weight excluding hydrogens is 251 g/mol. The van der Waals surface area contributed by atoms with E-state index in [1.54, 1.807) is 18.3 Å². The van der Waals surface area contributed by atoms with E-state index < -0.39 is 0 Å². The van der Waals surface area contributed by atoms with Crippen LogP contribution in [0, 0.1) is 5.82 Å². The number of nitrogens with zero attached hydrogens (tertiary/aromatic N) is 1. The minimum absolute atomic E-state index is 0.0102. The molecule has 1 atom stereocenters. The summed E-state index contributed by atoms with van der Waals surface area (Å²) in [5, 5.41) is 5.55. The van der Waals surface area contributed by atoms with Crippen molar-refractivity contribution in [2.75, 3.05) is 5.32 Å². The highest BCUT2D eigenvalue weighted by Gasteiger charge is 2.09. The van der Waals surface area contributed by atoms with Crippen LogP contribution in [0.4, 0.5) is 10.2 Å². The largest absolute Gasteiger partial charge is 0.363 e. The maximum atomic E-state index is 13.3. The average molecular weight is 266 g/mol. The molecule has 20 heavy (non-hydrogen) atoms. The van der Waals surface area contributed by atoms with Crippen molar-refractivity contribution in [1.29, 1.82) is 0 Å². The predicted molar refractivity (Wildman–Crippen MR) is 80.2 cm³/mol. The van der Waals surface area contributed by atoms with Gasteiger partial charge in [0.1, 0.15) is 11.6 Å². The number of rotatable bonds is 3. The van der Waals surface area contributed by atoms with E-state index in [1.807, 2.05) is 37.3 Å². The molecular formula is C17H15FN2. The lowest BCUT2D eigenvalue weighted by atomic mass is 10.1. The van der Waals surface area contributed by atoms with Gasteiger partial charge in [-0.1, -0.05) is 36.4 Å². The SMILES string of the molecule is CC(Nc1nccc2ccccc12)c1cccc(F)c1. The quantitative estimate of drug-likeness (QED) is 0.752. The van der Waals surface area contributed by atoms with Crippen LogP contribution in [-0.4, -0.2) is 4.98 Å². The van der Waals surface area contributed by atoms with Gasteiger partial charge in [-0.25, -0.2) is 9.37 Å². The summed E-state index contributed by atoms with van der Waals surface area (Å²) in [6.07, 6.45) is 1.78. The average Bonchev–Trinajstić information content (AvgIpc) is 2.47. The second kappa shape index (κ2) is 5.29. The van der Waals surface area contributed by atoms with E-state index in [1.165, 1.54) is 6.07 Å². The van der Waals surface area contributed by atoms with Gasteiger partial charge >= 0.3 is 0 Å². The molecule has 3 heteroatoms. The second-order valence-corrected chi connectivity index (χ2v) is 4.80. The molecule has 0 aliphatic carbocycles. The zero-order valence-corrected chi connectivity index (χ0v) is 11.2. The van der Waals surface area contributed by atoms with Crippen molar-refractivity contribution in [3.8, 4) is 0 Å². The summed E-state index contributed by atoms with van der Waals surface area (Å²) in [7, 11) is 0. The molecule has 3 aromatic rings. The normalized spacial score (nSPS) is 12.3. The summed E-state index contributed by atoms with van der Waals surface area (Å²) in [5.74, 6) is 0.599. The monoisotopic (exact) mass is 266 g/mol. The van der Waals surface area contributed by atoms with E-state index in [9.17, 15) is 4.39 Å². The molecule has 0 saturated heterocycles. The lowest BCUT2D eigenvalue weighted by Crippen LogP contribution is -2.08. The molecule has 0 spiro atoms. The Kier molecular flexibility index (Phi) is 3.33. The minimum atomic E-state index is -0.220. The van der Waals surface area contributed by atoms with Gasteiger partial charge in [-0.2, -0.15) is 0 Å². The van der Waals surface area contributed by atoms with E-state index in [4.69, 9.17) is 0 Å². The maximum Gasteiger partial charge on any atom is 0.134 e. The summed E-state index contributed by atoms with van der Waals surface area (Å²) in [5.41, 5.74) is 0.903. The van der Waals surface area contributed by atoms with E-state index in [0.717, 1.165) is 22.2 Å². The van der Waals surface area contributed by atoms with Crippen LogP contribution >= 0.6 is 0 Å². The maximum absolute atomic E-state index is 13.3. The smallest absolute Gasteiger partial charge is 0.134 e. The zero-order chi connectivity index (χ0) is 13.9. The molecule has 0 bridgehead atoms. The zero-order valence-electron chi connectivity index (χ0n) is 11.2. The molecule has 2 nitrogen and oxygen atoms in total. The van der Waals surface area contributed by atoms with E-state index in [-0.39, 0.29) is 11.9 Å². The fourth-order valence-corrected chi connectivity index (χ4v) is 2.30. The van der Waals surface area contributed by atoms with Crippen LogP contribution in [0.25, 0.3) is 10.8 Å². The van der Waals surface area contributed by atoms with Crippen LogP contribution < -0.4 is 5.32 Å². The fourth-order valence-electron chi connectivity index (χ4n) is 2.30. The standard InChI is InChI=1S/C17H15FN2/c1-12(14-6-4-7-15(18)11-14)20-17-16-8-3-2-5-13(16)9-10-19-17/h2-12H,1H3,(H,19,20). The summed E-state index contributed by atoms with van der Waals surface area (Å²) in [6, 6.07) is 16.7. The lowest BCUT2D eigenvalue weighted by Gasteiger charge is -2.16. The molecule has 1 N–H and O–H groups in total. The van der Waals surface area contributed by atoms with E-state index >= 15 is 0 Å². The van der Waals surface area contributed by atoms with Gasteiger partial charge in [0.05, 0.1) is 6.04 Å². The first-order valence-corrected chi connectivity index (χ1v) is 6.60. The van der Waals surface area contributed by atoms with Gasteiger partial charge < -0.3 is 5.32 Å². The first-order chi connectivity index (χ1) is 9.74. The summed E-state index contributed by atoms with van der Waals surface area (Å²) in [6.45, 7) is 2.00. The molecule has 0 saturated carbocycles. The Bertz CT molecular complexity index is 734. The van der Waals surface area contributed by atoms with Crippen LogP contribution in [0.1, 0.15) is 18.5 Å². The van der Waals surface area contributed by atoms with Gasteiger partial charge in [-0.3, -0.25) is 0 Å². The molecule has 1 aromatic heterocycles. The predicted octanol–water partition coefficient (Wildman–Crippen LogP) is 4.55. The third kappa shape index (κ3) is 2.48. The van der Waals surface area contributed by atoms with Crippen molar-refractivity contribution >= 4 is 16.6 Å². The Hall–Kier alpha value is -2.42. The number of nitrogens with one attached hydrogen (secondary N) is 1. The number of anilines is 1. The summed E-state index contributed by atoms with van der Waals surface area (Å²) in [4.78, 5) is 4.39. The third-order valence-electron chi connectivity index (χ3n) is 3.38. The van der Waals surface area contributed by atoms with Crippen LogP contribution in [0.5, 0.6) is 0 Å². The van der Waals surface area contributed by atoms with Crippen LogP contribution in [0.2, 0.25) is 0 Å². The van der Waals surface area contributed by atoms with Crippen molar-refractivity contribution in [2.24, 2.45) is 0 Å². The number of halogens is 1. The van der Waals surface area contributed by atoms with Gasteiger partial charge in [0.15, 0.2) is 0 Å². The first-order valence-electron chi connectivity index (χ1n) is 6.60. The van der Waals surface area contributed by atoms with Crippen molar-refractivity contribution in [3.05, 3.63) is 72.2 Å². The molecule has 2 aromatic carbocycles. The molecule has 1 unspecified atom stereocenters. The topological polar surface area (TPSA) is 24.9 Å². The minimum Gasteiger partial charge on any atom is -0.363 e. The summed E-state index contributed by atoms with van der Waals surface area (Å²) < 4.78 is 13.3. The van der Waals surface area contributed by atoms with Gasteiger partial charge in [0.2, 0.25) is 0 Å². The Morgan fingerprint density at radius 3 is 2.75 bits per heavy atom. The molecule has 0 aliphatic heterocycles. The Balaban J connectivity index is 1.93. The van der Waals surface area contributed by atoms with Gasteiger partial charge in [0, 0.05) is 11.6 Å². The number of benzene rings is 2. The highest BCUT2D eigenvalue weighted by atomic mass is 19.1.